The molecule has 0 heterocycles. The third-order valence-electron chi connectivity index (χ3n) is 5.65. The zero-order valence-corrected chi connectivity index (χ0v) is 20.6. The Balaban J connectivity index is 2.02. The van der Waals surface area contributed by atoms with Crippen LogP contribution in [0.5, 0.6) is 0 Å². The third kappa shape index (κ3) is 10.3. The molecular weight excluding hydrogens is 456 g/mol. The van der Waals surface area contributed by atoms with E-state index in [0.29, 0.717) is 19.3 Å². The van der Waals surface area contributed by atoms with E-state index >= 15 is 0 Å². The van der Waals surface area contributed by atoms with Gasteiger partial charge in [0, 0.05) is 12.8 Å². The Labute approximate surface area is 213 Å². The van der Waals surface area contributed by atoms with Crippen molar-refractivity contribution in [3.05, 3.63) is 97.1 Å². The largest absolute Gasteiger partial charge is 0.463 e. The zero-order chi connectivity index (χ0) is 26.2. The summed E-state index contributed by atoms with van der Waals surface area (Å²) in [7, 11) is 0. The van der Waals surface area contributed by atoms with E-state index in [4.69, 9.17) is 4.74 Å². The van der Waals surface area contributed by atoms with E-state index in [1.165, 1.54) is 0 Å². The summed E-state index contributed by atoms with van der Waals surface area (Å²) in [6.45, 7) is 7.08. The first-order valence-electron chi connectivity index (χ1n) is 12.1. The maximum atomic E-state index is 13.2. The number of aliphatic hydroxyl groups is 1. The van der Waals surface area contributed by atoms with Gasteiger partial charge in [0.15, 0.2) is 0 Å². The van der Waals surface area contributed by atoms with Crippen LogP contribution in [-0.2, 0) is 25.5 Å². The van der Waals surface area contributed by atoms with Crippen LogP contribution < -0.4 is 10.6 Å². The molecule has 192 valence electrons. The second-order valence-corrected chi connectivity index (χ2v) is 8.54. The molecule has 0 aliphatic rings. The van der Waals surface area contributed by atoms with E-state index < -0.39 is 18.0 Å². The first kappa shape index (κ1) is 28.5. The van der Waals surface area contributed by atoms with E-state index in [-0.39, 0.29) is 43.8 Å². The Bertz CT molecular complexity index is 978. The number of ether oxygens (including phenoxy) is 1. The number of benzene rings is 2. The molecule has 0 bridgehead atoms. The second-order valence-electron chi connectivity index (χ2n) is 8.54. The molecule has 0 aliphatic heterocycles. The van der Waals surface area contributed by atoms with Crippen molar-refractivity contribution in [3.8, 4) is 0 Å². The lowest BCUT2D eigenvalue weighted by Crippen LogP contribution is -2.42. The summed E-state index contributed by atoms with van der Waals surface area (Å²) in [5, 5.41) is 15.5. The Morgan fingerprint density at radius 3 is 2.22 bits per heavy atom. The molecule has 0 spiro atoms. The molecule has 7 heteroatoms. The van der Waals surface area contributed by atoms with Crippen molar-refractivity contribution < 1.29 is 24.2 Å². The van der Waals surface area contributed by atoms with Crippen LogP contribution in [-0.4, -0.2) is 42.1 Å². The van der Waals surface area contributed by atoms with Gasteiger partial charge in [-0.15, -0.1) is 13.2 Å². The molecule has 0 aromatic heterocycles. The van der Waals surface area contributed by atoms with Crippen molar-refractivity contribution in [2.24, 2.45) is 5.92 Å². The number of carbonyl (C=O) groups excluding carboxylic acids is 3. The van der Waals surface area contributed by atoms with Crippen molar-refractivity contribution in [3.63, 3.8) is 0 Å². The lowest BCUT2D eigenvalue weighted by atomic mass is 9.98. The van der Waals surface area contributed by atoms with Gasteiger partial charge in [-0.1, -0.05) is 72.8 Å². The number of carbonyl (C=O) groups is 3. The molecule has 0 saturated carbocycles. The van der Waals surface area contributed by atoms with Gasteiger partial charge in [0.25, 0.3) is 0 Å². The average molecular weight is 493 g/mol. The molecular formula is C29H36N2O5. The molecule has 0 unspecified atom stereocenters. The standard InChI is InChI=1S/C29H36N2O5/c1-3-5-17-28(34)36-21-26(23-15-10-7-11-16-23)31-29(35)24(12-4-2)19-27(33)30-25(20-32)18-22-13-8-6-9-14-22/h3-4,6-11,13-16,24-26,32H,1-2,5,12,17-21H2,(H,30,33)(H,31,35)/t24-,25+,26+/m0/s1. The molecule has 3 atom stereocenters. The summed E-state index contributed by atoms with van der Waals surface area (Å²) in [4.78, 5) is 37.9. The fraction of sp³-hybridized carbons (Fsp3) is 0.345. The monoisotopic (exact) mass is 492 g/mol. The minimum Gasteiger partial charge on any atom is -0.463 e. The molecule has 0 radical (unpaired) electrons. The highest BCUT2D eigenvalue weighted by atomic mass is 16.5. The minimum absolute atomic E-state index is 0.0254. The molecule has 2 aromatic carbocycles. The fourth-order valence-corrected chi connectivity index (χ4v) is 3.72. The predicted molar refractivity (Wildman–Crippen MR) is 140 cm³/mol. The van der Waals surface area contributed by atoms with Gasteiger partial charge in [-0.2, -0.15) is 0 Å². The smallest absolute Gasteiger partial charge is 0.306 e. The highest BCUT2D eigenvalue weighted by Gasteiger charge is 2.25. The van der Waals surface area contributed by atoms with E-state index in [1.54, 1.807) is 12.2 Å². The number of hydrogen-bond donors (Lipinski definition) is 3. The first-order valence-corrected chi connectivity index (χ1v) is 12.1. The van der Waals surface area contributed by atoms with Crippen LogP contribution in [0.25, 0.3) is 0 Å². The normalized spacial score (nSPS) is 13.0. The molecule has 36 heavy (non-hydrogen) atoms. The first-order chi connectivity index (χ1) is 17.5. The predicted octanol–water partition coefficient (Wildman–Crippen LogP) is 3.66. The van der Waals surface area contributed by atoms with Crippen LogP contribution in [0.2, 0.25) is 0 Å². The number of amides is 2. The van der Waals surface area contributed by atoms with Crippen LogP contribution in [0.4, 0.5) is 0 Å². The van der Waals surface area contributed by atoms with Crippen molar-refractivity contribution in [2.75, 3.05) is 13.2 Å². The number of esters is 1. The van der Waals surface area contributed by atoms with Crippen molar-refractivity contribution in [1.29, 1.82) is 0 Å². The number of rotatable bonds is 16. The number of allylic oxidation sites excluding steroid dienone is 2. The van der Waals surface area contributed by atoms with Gasteiger partial charge in [0.05, 0.1) is 24.6 Å². The van der Waals surface area contributed by atoms with Gasteiger partial charge in [-0.05, 0) is 30.4 Å². The van der Waals surface area contributed by atoms with Crippen molar-refractivity contribution in [1.82, 2.24) is 10.6 Å². The second kappa shape index (κ2) is 16.1. The van der Waals surface area contributed by atoms with E-state index in [2.05, 4.69) is 23.8 Å². The fourth-order valence-electron chi connectivity index (χ4n) is 3.72. The summed E-state index contributed by atoms with van der Waals surface area (Å²) in [5.74, 6) is -1.72. The topological polar surface area (TPSA) is 105 Å². The molecule has 0 aliphatic carbocycles. The summed E-state index contributed by atoms with van der Waals surface area (Å²) in [6.07, 6.45) is 4.67. The van der Waals surface area contributed by atoms with Gasteiger partial charge in [-0.25, -0.2) is 0 Å². The highest BCUT2D eigenvalue weighted by Crippen LogP contribution is 2.17. The van der Waals surface area contributed by atoms with Crippen molar-refractivity contribution >= 4 is 17.8 Å². The number of hydrogen-bond acceptors (Lipinski definition) is 5. The lowest BCUT2D eigenvalue weighted by molar-refractivity contribution is -0.145. The maximum Gasteiger partial charge on any atom is 0.306 e. The van der Waals surface area contributed by atoms with Gasteiger partial charge < -0.3 is 20.5 Å². The summed E-state index contributed by atoms with van der Waals surface area (Å²) >= 11 is 0. The van der Waals surface area contributed by atoms with Gasteiger partial charge in [0.2, 0.25) is 11.8 Å². The van der Waals surface area contributed by atoms with Gasteiger partial charge in [-0.3, -0.25) is 14.4 Å². The molecule has 2 aromatic rings. The Morgan fingerprint density at radius 1 is 0.944 bits per heavy atom. The summed E-state index contributed by atoms with van der Waals surface area (Å²) in [6, 6.07) is 17.7. The Morgan fingerprint density at radius 2 is 1.61 bits per heavy atom. The highest BCUT2D eigenvalue weighted by molar-refractivity contribution is 5.86. The SMILES string of the molecule is C=CCCC(=O)OC[C@@H](NC(=O)[C@@H](CC=C)CC(=O)N[C@@H](CO)Cc1ccccc1)c1ccccc1. The molecule has 3 N–H and O–H groups in total. The maximum absolute atomic E-state index is 13.2. The Kier molecular flexibility index (Phi) is 12.7. The van der Waals surface area contributed by atoms with Crippen LogP contribution in [0.15, 0.2) is 86.0 Å². The third-order valence-corrected chi connectivity index (χ3v) is 5.65. The molecule has 0 fully saturated rings. The van der Waals surface area contributed by atoms with E-state index in [9.17, 15) is 19.5 Å². The van der Waals surface area contributed by atoms with Crippen LogP contribution in [0.1, 0.15) is 42.9 Å². The van der Waals surface area contributed by atoms with Crippen molar-refractivity contribution in [2.45, 2.75) is 44.2 Å². The Hall–Kier alpha value is -3.71. The molecule has 2 amide bonds. The van der Waals surface area contributed by atoms with Gasteiger partial charge >= 0.3 is 5.97 Å². The van der Waals surface area contributed by atoms with Crippen LogP contribution >= 0.6 is 0 Å². The molecule has 2 rings (SSSR count). The number of nitrogens with one attached hydrogen (secondary N) is 2. The van der Waals surface area contributed by atoms with Gasteiger partial charge in [0.1, 0.15) is 6.61 Å². The summed E-state index contributed by atoms with van der Waals surface area (Å²) < 4.78 is 5.38. The average Bonchev–Trinajstić information content (AvgIpc) is 2.90. The van der Waals surface area contributed by atoms with Crippen LogP contribution in [0.3, 0.4) is 0 Å². The van der Waals surface area contributed by atoms with E-state index in [0.717, 1.165) is 11.1 Å². The molecule has 0 saturated heterocycles. The zero-order valence-electron chi connectivity index (χ0n) is 20.6. The molecule has 7 nitrogen and oxygen atoms in total. The minimum atomic E-state index is -0.666. The number of aliphatic hydroxyl groups excluding tert-OH is 1. The quantitative estimate of drug-likeness (QED) is 0.245. The summed E-state index contributed by atoms with van der Waals surface area (Å²) in [5.41, 5.74) is 1.78. The lowest BCUT2D eigenvalue weighted by Gasteiger charge is -2.23. The van der Waals surface area contributed by atoms with E-state index in [1.807, 2.05) is 60.7 Å². The van der Waals surface area contributed by atoms with Crippen LogP contribution in [0, 0.1) is 5.92 Å².